The molecule has 2 saturated heterocycles. The monoisotopic (exact) mass is 205 g/mol. The van der Waals surface area contributed by atoms with Crippen LogP contribution in [0.3, 0.4) is 0 Å². The van der Waals surface area contributed by atoms with Crippen LogP contribution in [0.5, 0.6) is 0 Å². The van der Waals surface area contributed by atoms with Gasteiger partial charge in [-0.2, -0.15) is 0 Å². The van der Waals surface area contributed by atoms with Gasteiger partial charge in [0.25, 0.3) is 5.56 Å². The van der Waals surface area contributed by atoms with Gasteiger partial charge >= 0.3 is 0 Å². The summed E-state index contributed by atoms with van der Waals surface area (Å²) < 4.78 is 0. The number of H-pyrrole nitrogens is 1. The average Bonchev–Trinajstić information content (AvgIpc) is 2.56. The Labute approximate surface area is 88.1 Å². The summed E-state index contributed by atoms with van der Waals surface area (Å²) >= 11 is 0. The lowest BCUT2D eigenvalue weighted by Gasteiger charge is -2.33. The highest BCUT2D eigenvalue weighted by molar-refractivity contribution is 5.13. The molecule has 4 heteroatoms. The summed E-state index contributed by atoms with van der Waals surface area (Å²) in [5, 5.41) is 3.61. The van der Waals surface area contributed by atoms with Crippen LogP contribution in [-0.4, -0.2) is 16.0 Å². The maximum Gasteiger partial charge on any atom is 0.250 e. The van der Waals surface area contributed by atoms with Crippen LogP contribution in [0, 0.1) is 0 Å². The molecule has 2 bridgehead atoms. The third-order valence-corrected chi connectivity index (χ3v) is 3.68. The van der Waals surface area contributed by atoms with Gasteiger partial charge in [0.15, 0.2) is 0 Å². The average molecular weight is 205 g/mol. The molecule has 2 unspecified atom stereocenters. The predicted octanol–water partition coefficient (Wildman–Crippen LogP) is 0.901. The molecule has 0 spiro atoms. The molecule has 4 nitrogen and oxygen atoms in total. The molecule has 2 aliphatic rings. The topological polar surface area (TPSA) is 57.8 Å². The van der Waals surface area contributed by atoms with Crippen LogP contribution < -0.4 is 10.9 Å². The highest BCUT2D eigenvalue weighted by Crippen LogP contribution is 2.40. The van der Waals surface area contributed by atoms with Gasteiger partial charge in [-0.15, -0.1) is 0 Å². The molecule has 0 radical (unpaired) electrons. The maximum absolute atomic E-state index is 11.3. The lowest BCUT2D eigenvalue weighted by Crippen LogP contribution is -2.45. The molecule has 0 amide bonds. The number of piperidine rings is 1. The summed E-state index contributed by atoms with van der Waals surface area (Å²) in [6.45, 7) is 0. The quantitative estimate of drug-likeness (QED) is 0.716. The van der Waals surface area contributed by atoms with Gasteiger partial charge in [-0.3, -0.25) is 4.79 Å². The zero-order valence-electron chi connectivity index (χ0n) is 8.62. The fourth-order valence-corrected chi connectivity index (χ4v) is 2.94. The third-order valence-electron chi connectivity index (χ3n) is 3.68. The van der Waals surface area contributed by atoms with Gasteiger partial charge in [-0.05, 0) is 32.1 Å². The van der Waals surface area contributed by atoms with Crippen LogP contribution in [0.4, 0.5) is 0 Å². The lowest BCUT2D eigenvalue weighted by atomic mass is 9.89. The van der Waals surface area contributed by atoms with Gasteiger partial charge in [0, 0.05) is 18.3 Å². The van der Waals surface area contributed by atoms with Gasteiger partial charge in [-0.1, -0.05) is 0 Å². The highest BCUT2D eigenvalue weighted by Gasteiger charge is 2.44. The van der Waals surface area contributed by atoms with Crippen molar-refractivity contribution in [2.75, 3.05) is 0 Å². The van der Waals surface area contributed by atoms with Gasteiger partial charge in [0.05, 0.1) is 5.54 Å². The van der Waals surface area contributed by atoms with Crippen molar-refractivity contribution in [1.82, 2.24) is 15.3 Å². The summed E-state index contributed by atoms with van der Waals surface area (Å²) in [5.41, 5.74) is -0.0891. The molecule has 0 saturated carbocycles. The van der Waals surface area contributed by atoms with E-state index < -0.39 is 0 Å². The van der Waals surface area contributed by atoms with E-state index in [4.69, 9.17) is 0 Å². The van der Waals surface area contributed by atoms with Crippen LogP contribution >= 0.6 is 0 Å². The van der Waals surface area contributed by atoms with Crippen molar-refractivity contribution in [1.29, 1.82) is 0 Å². The molecule has 0 aliphatic carbocycles. The molecule has 2 N–H and O–H groups in total. The molecular weight excluding hydrogens is 190 g/mol. The second-order valence-corrected chi connectivity index (χ2v) is 4.64. The first-order chi connectivity index (χ1) is 7.28. The molecule has 2 fully saturated rings. The van der Waals surface area contributed by atoms with Gasteiger partial charge < -0.3 is 10.3 Å². The Kier molecular flexibility index (Phi) is 1.92. The van der Waals surface area contributed by atoms with Crippen molar-refractivity contribution < 1.29 is 0 Å². The first-order valence-electron chi connectivity index (χ1n) is 5.62. The summed E-state index contributed by atoms with van der Waals surface area (Å²) in [4.78, 5) is 18.5. The van der Waals surface area contributed by atoms with E-state index in [0.717, 1.165) is 18.7 Å². The standard InChI is InChI=1S/C11H15N3O/c15-9-4-7-12-10(13-9)11-5-1-2-8(14-11)3-6-11/h4,7-8,14H,1-3,5-6H2,(H,12,13,15). The largest absolute Gasteiger partial charge is 0.309 e. The Balaban J connectivity index is 2.02. The predicted molar refractivity (Wildman–Crippen MR) is 56.5 cm³/mol. The van der Waals surface area contributed by atoms with Crippen molar-refractivity contribution in [2.24, 2.45) is 0 Å². The van der Waals surface area contributed by atoms with E-state index in [1.807, 2.05) is 0 Å². The minimum atomic E-state index is -0.0507. The second-order valence-electron chi connectivity index (χ2n) is 4.64. The number of hydrogen-bond acceptors (Lipinski definition) is 3. The Morgan fingerprint density at radius 3 is 3.20 bits per heavy atom. The minimum Gasteiger partial charge on any atom is -0.309 e. The second kappa shape index (κ2) is 3.17. The zero-order chi connectivity index (χ0) is 10.3. The summed E-state index contributed by atoms with van der Waals surface area (Å²) in [7, 11) is 0. The van der Waals surface area contributed by atoms with E-state index in [9.17, 15) is 4.79 Å². The summed E-state index contributed by atoms with van der Waals surface area (Å²) in [6.07, 6.45) is 7.50. The molecule has 2 aliphatic heterocycles. The number of nitrogens with zero attached hydrogens (tertiary/aromatic N) is 1. The Morgan fingerprint density at radius 1 is 1.40 bits per heavy atom. The number of fused-ring (bicyclic) bond motifs is 2. The van der Waals surface area contributed by atoms with Crippen molar-refractivity contribution in [3.8, 4) is 0 Å². The van der Waals surface area contributed by atoms with Gasteiger partial charge in [-0.25, -0.2) is 4.98 Å². The number of aromatic amines is 1. The maximum atomic E-state index is 11.3. The molecule has 0 aromatic carbocycles. The molecule has 3 rings (SSSR count). The fourth-order valence-electron chi connectivity index (χ4n) is 2.94. The molecule has 1 aromatic rings. The van der Waals surface area contributed by atoms with E-state index in [1.54, 1.807) is 6.20 Å². The molecule has 2 atom stereocenters. The lowest BCUT2D eigenvalue weighted by molar-refractivity contribution is 0.265. The van der Waals surface area contributed by atoms with Gasteiger partial charge in [0.2, 0.25) is 0 Å². The summed E-state index contributed by atoms with van der Waals surface area (Å²) in [5.74, 6) is 0.831. The van der Waals surface area contributed by atoms with E-state index in [1.165, 1.54) is 25.3 Å². The summed E-state index contributed by atoms with van der Waals surface area (Å²) in [6, 6.07) is 2.10. The van der Waals surface area contributed by atoms with Crippen molar-refractivity contribution >= 4 is 0 Å². The van der Waals surface area contributed by atoms with Crippen LogP contribution in [0.1, 0.15) is 37.9 Å². The minimum absolute atomic E-state index is 0.0384. The molecular formula is C11H15N3O. The van der Waals surface area contributed by atoms with Crippen molar-refractivity contribution in [3.05, 3.63) is 28.4 Å². The Morgan fingerprint density at radius 2 is 2.33 bits per heavy atom. The molecule has 15 heavy (non-hydrogen) atoms. The number of aromatic nitrogens is 2. The van der Waals surface area contributed by atoms with E-state index in [0.29, 0.717) is 6.04 Å². The van der Waals surface area contributed by atoms with Crippen LogP contribution in [0.2, 0.25) is 0 Å². The SMILES string of the molecule is O=c1ccnc(C23CCCC(CC2)N3)[nH]1. The third kappa shape index (κ3) is 1.40. The highest BCUT2D eigenvalue weighted by atomic mass is 16.1. The first-order valence-corrected chi connectivity index (χ1v) is 5.62. The van der Waals surface area contributed by atoms with Crippen LogP contribution in [0.15, 0.2) is 17.1 Å². The Bertz CT molecular complexity index is 424. The first kappa shape index (κ1) is 9.09. The van der Waals surface area contributed by atoms with E-state index in [-0.39, 0.29) is 11.1 Å². The molecule has 3 heterocycles. The number of nitrogens with one attached hydrogen (secondary N) is 2. The van der Waals surface area contributed by atoms with Crippen LogP contribution in [-0.2, 0) is 5.54 Å². The fraction of sp³-hybridized carbons (Fsp3) is 0.636. The van der Waals surface area contributed by atoms with Crippen molar-refractivity contribution in [3.63, 3.8) is 0 Å². The zero-order valence-corrected chi connectivity index (χ0v) is 8.62. The molecule has 80 valence electrons. The van der Waals surface area contributed by atoms with Crippen molar-refractivity contribution in [2.45, 2.75) is 43.7 Å². The smallest absolute Gasteiger partial charge is 0.250 e. The Hall–Kier alpha value is -1.16. The van der Waals surface area contributed by atoms with E-state index >= 15 is 0 Å². The van der Waals surface area contributed by atoms with Crippen LogP contribution in [0.25, 0.3) is 0 Å². The molecule has 1 aromatic heterocycles. The number of rotatable bonds is 1. The van der Waals surface area contributed by atoms with Gasteiger partial charge in [0.1, 0.15) is 5.82 Å². The van der Waals surface area contributed by atoms with E-state index in [2.05, 4.69) is 15.3 Å². The normalized spacial score (nSPS) is 34.3. The number of hydrogen-bond donors (Lipinski definition) is 2.